The lowest BCUT2D eigenvalue weighted by Crippen LogP contribution is -2.45. The van der Waals surface area contributed by atoms with Gasteiger partial charge in [0.1, 0.15) is 5.60 Å². The van der Waals surface area contributed by atoms with Crippen LogP contribution in [0, 0.1) is 0 Å². The van der Waals surface area contributed by atoms with Crippen LogP contribution in [0.2, 0.25) is 0 Å². The molecular weight excluding hydrogens is 519 g/mol. The molecule has 0 radical (unpaired) electrons. The molecule has 0 spiro atoms. The Hall–Kier alpha value is -1.62. The van der Waals surface area contributed by atoms with Crippen LogP contribution in [-0.2, 0) is 11.3 Å². The van der Waals surface area contributed by atoms with Gasteiger partial charge in [0.2, 0.25) is 0 Å². The molecule has 1 aliphatic heterocycles. The van der Waals surface area contributed by atoms with Gasteiger partial charge in [-0.2, -0.15) is 0 Å². The molecule has 1 aromatic heterocycles. The predicted octanol–water partition coefficient (Wildman–Crippen LogP) is 3.48. The number of pyridine rings is 1. The van der Waals surface area contributed by atoms with Gasteiger partial charge in [-0.3, -0.25) is 14.9 Å². The van der Waals surface area contributed by atoms with E-state index in [0.29, 0.717) is 25.7 Å². The fraction of sp³-hybridized carbons (Fsp3) is 0.696. The minimum absolute atomic E-state index is 0. The second-order valence-electron chi connectivity index (χ2n) is 8.92. The van der Waals surface area contributed by atoms with Crippen LogP contribution in [0.4, 0.5) is 4.79 Å². The molecule has 1 fully saturated rings. The number of nitrogens with one attached hydrogen (secondary N) is 2. The maximum Gasteiger partial charge on any atom is 0.410 e. The zero-order valence-corrected chi connectivity index (χ0v) is 22.6. The van der Waals surface area contributed by atoms with E-state index >= 15 is 0 Å². The van der Waals surface area contributed by atoms with Gasteiger partial charge in [0, 0.05) is 45.1 Å². The first-order valence-corrected chi connectivity index (χ1v) is 11.4. The highest BCUT2D eigenvalue weighted by Crippen LogP contribution is 2.15. The van der Waals surface area contributed by atoms with E-state index in [4.69, 9.17) is 4.74 Å². The third-order valence-electron chi connectivity index (χ3n) is 5.28. The molecule has 0 saturated carbocycles. The molecule has 0 bridgehead atoms. The first-order chi connectivity index (χ1) is 14.8. The van der Waals surface area contributed by atoms with Crippen LogP contribution in [0.5, 0.6) is 0 Å². The zero-order valence-electron chi connectivity index (χ0n) is 20.3. The normalized spacial score (nSPS) is 16.9. The van der Waals surface area contributed by atoms with Crippen LogP contribution in [0.15, 0.2) is 29.5 Å². The molecule has 0 aromatic carbocycles. The van der Waals surface area contributed by atoms with Crippen molar-refractivity contribution < 1.29 is 9.53 Å². The molecule has 2 rings (SSSR count). The number of hydrogen-bond acceptors (Lipinski definition) is 5. The lowest BCUT2D eigenvalue weighted by atomic mass is 10.2. The van der Waals surface area contributed by atoms with Crippen LogP contribution in [0.25, 0.3) is 0 Å². The number of hydrogen-bond donors (Lipinski definition) is 2. The number of carbonyl (C=O) groups is 1. The predicted molar refractivity (Wildman–Crippen MR) is 141 cm³/mol. The molecule has 182 valence electrons. The summed E-state index contributed by atoms with van der Waals surface area (Å²) in [7, 11) is 1.79. The molecule has 2 heterocycles. The average Bonchev–Trinajstić information content (AvgIpc) is 3.19. The van der Waals surface area contributed by atoms with E-state index in [2.05, 4.69) is 32.4 Å². The second-order valence-corrected chi connectivity index (χ2v) is 8.92. The fourth-order valence-electron chi connectivity index (χ4n) is 3.73. The average molecular weight is 561 g/mol. The highest BCUT2D eigenvalue weighted by Gasteiger charge is 2.23. The number of rotatable bonds is 9. The van der Waals surface area contributed by atoms with Crippen LogP contribution in [-0.4, -0.2) is 78.3 Å². The topological polar surface area (TPSA) is 82.1 Å². The summed E-state index contributed by atoms with van der Waals surface area (Å²) in [6.45, 7) is 12.8. The van der Waals surface area contributed by atoms with Gasteiger partial charge in [0.15, 0.2) is 5.96 Å². The van der Waals surface area contributed by atoms with Crippen molar-refractivity contribution in [2.24, 2.45) is 4.99 Å². The number of amides is 1. The SMILES string of the molecule is CCN1CCCC1CNC(=NC)NCCCN(Cc1cccnc1)C(=O)OC(C)(C)C.I. The molecule has 32 heavy (non-hydrogen) atoms. The zero-order chi connectivity index (χ0) is 22.7. The van der Waals surface area contributed by atoms with Gasteiger partial charge in [-0.1, -0.05) is 13.0 Å². The lowest BCUT2D eigenvalue weighted by Gasteiger charge is -2.27. The van der Waals surface area contributed by atoms with Crippen LogP contribution >= 0.6 is 24.0 Å². The summed E-state index contributed by atoms with van der Waals surface area (Å²) in [5, 5.41) is 6.80. The van der Waals surface area contributed by atoms with Gasteiger partial charge in [0.05, 0.1) is 6.54 Å². The number of carbonyl (C=O) groups excluding carboxylic acids is 1. The van der Waals surface area contributed by atoms with Crippen molar-refractivity contribution in [2.45, 2.75) is 65.1 Å². The number of halogens is 1. The number of likely N-dealkylation sites (N-methyl/N-ethyl adjacent to an activating group) is 1. The third kappa shape index (κ3) is 10.3. The number of aliphatic imine (C=N–C) groups is 1. The Morgan fingerprint density at radius 3 is 2.78 bits per heavy atom. The van der Waals surface area contributed by atoms with Crippen molar-refractivity contribution in [2.75, 3.05) is 39.8 Å². The Labute approximate surface area is 210 Å². The van der Waals surface area contributed by atoms with Crippen molar-refractivity contribution in [3.05, 3.63) is 30.1 Å². The van der Waals surface area contributed by atoms with Crippen molar-refractivity contribution in [1.29, 1.82) is 0 Å². The van der Waals surface area contributed by atoms with E-state index in [1.807, 2.05) is 32.9 Å². The minimum Gasteiger partial charge on any atom is -0.444 e. The van der Waals surface area contributed by atoms with Crippen molar-refractivity contribution in [1.82, 2.24) is 25.4 Å². The molecule has 1 aromatic rings. The summed E-state index contributed by atoms with van der Waals surface area (Å²) in [6.07, 6.45) is 6.49. The first kappa shape index (κ1) is 28.4. The molecule has 1 amide bonds. The summed E-state index contributed by atoms with van der Waals surface area (Å²) >= 11 is 0. The number of aromatic nitrogens is 1. The Balaban J connectivity index is 0.00000512. The third-order valence-corrected chi connectivity index (χ3v) is 5.28. The van der Waals surface area contributed by atoms with E-state index < -0.39 is 5.60 Å². The number of likely N-dealkylation sites (tertiary alicyclic amines) is 1. The van der Waals surface area contributed by atoms with Crippen LogP contribution < -0.4 is 10.6 Å². The van der Waals surface area contributed by atoms with Gasteiger partial charge in [-0.15, -0.1) is 24.0 Å². The maximum absolute atomic E-state index is 12.7. The summed E-state index contributed by atoms with van der Waals surface area (Å²) in [4.78, 5) is 25.4. The van der Waals surface area contributed by atoms with E-state index in [0.717, 1.165) is 31.0 Å². The summed E-state index contributed by atoms with van der Waals surface area (Å²) in [5.41, 5.74) is 0.456. The van der Waals surface area contributed by atoms with Gasteiger partial charge in [-0.25, -0.2) is 4.79 Å². The molecule has 2 N–H and O–H groups in total. The highest BCUT2D eigenvalue weighted by molar-refractivity contribution is 14.0. The summed E-state index contributed by atoms with van der Waals surface area (Å²) in [6, 6.07) is 4.42. The van der Waals surface area contributed by atoms with Crippen LogP contribution in [0.3, 0.4) is 0 Å². The molecular formula is C23H41IN6O2. The molecule has 8 nitrogen and oxygen atoms in total. The Morgan fingerprint density at radius 2 is 2.16 bits per heavy atom. The quantitative estimate of drug-likeness (QED) is 0.208. The van der Waals surface area contributed by atoms with E-state index in [1.165, 1.54) is 19.4 Å². The smallest absolute Gasteiger partial charge is 0.410 e. The van der Waals surface area contributed by atoms with Crippen LogP contribution in [0.1, 0.15) is 52.5 Å². The molecule has 9 heteroatoms. The number of guanidine groups is 1. The number of ether oxygens (including phenoxy) is 1. The van der Waals surface area contributed by atoms with Crippen molar-refractivity contribution in [3.8, 4) is 0 Å². The van der Waals surface area contributed by atoms with Gasteiger partial charge in [0.25, 0.3) is 0 Å². The molecule has 1 unspecified atom stereocenters. The fourth-order valence-corrected chi connectivity index (χ4v) is 3.73. The second kappa shape index (κ2) is 14.5. The van der Waals surface area contributed by atoms with Gasteiger partial charge < -0.3 is 20.3 Å². The van der Waals surface area contributed by atoms with E-state index in [9.17, 15) is 4.79 Å². The van der Waals surface area contributed by atoms with E-state index in [-0.39, 0.29) is 30.1 Å². The standard InChI is InChI=1S/C23H40N6O2.HI/c1-6-28-14-8-11-20(28)17-27-21(24-5)26-13-9-15-29(22(30)31-23(2,3)4)18-19-10-7-12-25-16-19;/h7,10,12,16,20H,6,8-9,11,13-15,17-18H2,1-5H3,(H2,24,26,27);1H. The Morgan fingerprint density at radius 1 is 1.38 bits per heavy atom. The molecule has 0 aliphatic carbocycles. The Kier molecular flexibility index (Phi) is 12.9. The maximum atomic E-state index is 12.7. The van der Waals surface area contributed by atoms with Gasteiger partial charge >= 0.3 is 6.09 Å². The van der Waals surface area contributed by atoms with Crippen molar-refractivity contribution >= 4 is 36.0 Å². The number of nitrogens with zero attached hydrogens (tertiary/aromatic N) is 4. The van der Waals surface area contributed by atoms with Gasteiger partial charge in [-0.05, 0) is 64.8 Å². The monoisotopic (exact) mass is 560 g/mol. The van der Waals surface area contributed by atoms with E-state index in [1.54, 1.807) is 24.3 Å². The summed E-state index contributed by atoms with van der Waals surface area (Å²) < 4.78 is 5.59. The summed E-state index contributed by atoms with van der Waals surface area (Å²) in [5.74, 6) is 0.805. The Bertz CT molecular complexity index is 695. The molecule has 1 aliphatic rings. The minimum atomic E-state index is -0.527. The van der Waals surface area contributed by atoms with Crippen molar-refractivity contribution in [3.63, 3.8) is 0 Å². The molecule has 1 saturated heterocycles. The highest BCUT2D eigenvalue weighted by atomic mass is 127. The first-order valence-electron chi connectivity index (χ1n) is 11.4. The largest absolute Gasteiger partial charge is 0.444 e. The molecule has 1 atom stereocenters. The lowest BCUT2D eigenvalue weighted by molar-refractivity contribution is 0.0232.